The molecule has 7 heteroatoms. The SMILES string of the molecule is CCCOc1ccccc1CC1SC(=C(C#N)C(=O)Nc2ccc(C)cc2)N(c2ccc(C)c(C)c2)C1=O. The minimum absolute atomic E-state index is 0.0971. The van der Waals surface area contributed by atoms with Crippen LogP contribution in [0.3, 0.4) is 0 Å². The van der Waals surface area contributed by atoms with Crippen molar-refractivity contribution < 1.29 is 14.3 Å². The minimum atomic E-state index is -0.548. The van der Waals surface area contributed by atoms with Crippen LogP contribution in [-0.4, -0.2) is 23.7 Å². The number of anilines is 2. The summed E-state index contributed by atoms with van der Waals surface area (Å²) in [5, 5.41) is 12.7. The quantitative estimate of drug-likeness (QED) is 0.269. The van der Waals surface area contributed by atoms with E-state index in [1.807, 2.05) is 82.3 Å². The Morgan fingerprint density at radius 1 is 1.05 bits per heavy atom. The molecule has 1 saturated heterocycles. The van der Waals surface area contributed by atoms with Crippen LogP contribution >= 0.6 is 11.8 Å². The molecule has 0 radical (unpaired) electrons. The van der Waals surface area contributed by atoms with Crippen molar-refractivity contribution in [3.8, 4) is 11.8 Å². The highest BCUT2D eigenvalue weighted by Crippen LogP contribution is 2.43. The third kappa shape index (κ3) is 5.92. The molecule has 1 N–H and O–H groups in total. The fourth-order valence-corrected chi connectivity index (χ4v) is 5.44. The average Bonchev–Trinajstić information content (AvgIpc) is 3.22. The largest absolute Gasteiger partial charge is 0.493 e. The maximum atomic E-state index is 13.9. The van der Waals surface area contributed by atoms with Gasteiger partial charge in [-0.2, -0.15) is 5.26 Å². The Morgan fingerprint density at radius 2 is 1.79 bits per heavy atom. The smallest absolute Gasteiger partial charge is 0.269 e. The van der Waals surface area contributed by atoms with Gasteiger partial charge in [0, 0.05) is 11.4 Å². The van der Waals surface area contributed by atoms with Gasteiger partial charge in [0.05, 0.1) is 11.9 Å². The van der Waals surface area contributed by atoms with Crippen molar-refractivity contribution in [1.82, 2.24) is 0 Å². The molecular formula is C31H31N3O3S. The van der Waals surface area contributed by atoms with E-state index in [9.17, 15) is 14.9 Å². The van der Waals surface area contributed by atoms with Gasteiger partial charge in [0.2, 0.25) is 5.91 Å². The van der Waals surface area contributed by atoms with E-state index in [-0.39, 0.29) is 11.5 Å². The summed E-state index contributed by atoms with van der Waals surface area (Å²) in [5.74, 6) is 0.0257. The Bertz CT molecular complexity index is 1420. The van der Waals surface area contributed by atoms with Gasteiger partial charge in [-0.3, -0.25) is 14.5 Å². The van der Waals surface area contributed by atoms with Crippen molar-refractivity contribution in [3.05, 3.63) is 99.6 Å². The lowest BCUT2D eigenvalue weighted by Gasteiger charge is -2.20. The number of amides is 2. The number of benzene rings is 3. The van der Waals surface area contributed by atoms with Crippen molar-refractivity contribution in [2.45, 2.75) is 45.8 Å². The van der Waals surface area contributed by atoms with Gasteiger partial charge in [0.15, 0.2) is 0 Å². The summed E-state index contributed by atoms with van der Waals surface area (Å²) < 4.78 is 5.92. The van der Waals surface area contributed by atoms with Gasteiger partial charge < -0.3 is 10.1 Å². The number of rotatable bonds is 8. The van der Waals surface area contributed by atoms with Crippen LogP contribution in [0.2, 0.25) is 0 Å². The Kier molecular flexibility index (Phi) is 8.55. The van der Waals surface area contributed by atoms with E-state index in [0.29, 0.717) is 29.4 Å². The van der Waals surface area contributed by atoms with Crippen molar-refractivity contribution in [3.63, 3.8) is 0 Å². The van der Waals surface area contributed by atoms with Crippen LogP contribution in [0, 0.1) is 32.1 Å². The number of hydrogen-bond donors (Lipinski definition) is 1. The molecule has 1 aliphatic rings. The Balaban J connectivity index is 1.73. The lowest BCUT2D eigenvalue weighted by Crippen LogP contribution is -2.31. The van der Waals surface area contributed by atoms with E-state index in [1.165, 1.54) is 16.7 Å². The zero-order valence-corrected chi connectivity index (χ0v) is 22.9. The average molecular weight is 526 g/mol. The second-order valence-corrected chi connectivity index (χ2v) is 10.5. The van der Waals surface area contributed by atoms with Crippen LogP contribution in [0.4, 0.5) is 11.4 Å². The zero-order valence-electron chi connectivity index (χ0n) is 22.1. The molecule has 0 saturated carbocycles. The number of nitrogens with one attached hydrogen (secondary N) is 1. The highest BCUT2D eigenvalue weighted by Gasteiger charge is 2.41. The van der Waals surface area contributed by atoms with Gasteiger partial charge >= 0.3 is 0 Å². The van der Waals surface area contributed by atoms with E-state index in [4.69, 9.17) is 4.74 Å². The van der Waals surface area contributed by atoms with Crippen LogP contribution in [0.1, 0.15) is 35.6 Å². The van der Waals surface area contributed by atoms with Crippen LogP contribution in [0.5, 0.6) is 5.75 Å². The van der Waals surface area contributed by atoms with Gasteiger partial charge in [-0.05, 0) is 80.6 Å². The number of aryl methyl sites for hydroxylation is 3. The van der Waals surface area contributed by atoms with Crippen molar-refractivity contribution in [2.75, 3.05) is 16.8 Å². The maximum Gasteiger partial charge on any atom is 0.269 e. The number of para-hydroxylation sites is 1. The number of carbonyl (C=O) groups excluding carboxylic acids is 2. The van der Waals surface area contributed by atoms with Gasteiger partial charge in [0.25, 0.3) is 5.91 Å². The maximum absolute atomic E-state index is 13.9. The summed E-state index contributed by atoms with van der Waals surface area (Å²) >= 11 is 1.25. The molecule has 4 rings (SSSR count). The van der Waals surface area contributed by atoms with E-state index in [1.54, 1.807) is 12.1 Å². The molecule has 0 bridgehead atoms. The van der Waals surface area contributed by atoms with Crippen LogP contribution in [-0.2, 0) is 16.0 Å². The normalized spacial score (nSPS) is 16.2. The third-order valence-electron chi connectivity index (χ3n) is 6.40. The molecule has 1 heterocycles. The molecule has 0 aliphatic carbocycles. The summed E-state index contributed by atoms with van der Waals surface area (Å²) in [7, 11) is 0. The van der Waals surface area contributed by atoms with Gasteiger partial charge in [-0.25, -0.2) is 0 Å². The lowest BCUT2D eigenvalue weighted by atomic mass is 10.1. The number of ether oxygens (including phenoxy) is 1. The molecule has 38 heavy (non-hydrogen) atoms. The van der Waals surface area contributed by atoms with Crippen LogP contribution in [0.25, 0.3) is 0 Å². The fraction of sp³-hybridized carbons (Fsp3) is 0.258. The molecule has 0 aromatic heterocycles. The minimum Gasteiger partial charge on any atom is -0.493 e. The molecular weight excluding hydrogens is 494 g/mol. The first kappa shape index (κ1) is 27.0. The topological polar surface area (TPSA) is 82.4 Å². The number of thioether (sulfide) groups is 1. The first-order chi connectivity index (χ1) is 18.3. The molecule has 1 fully saturated rings. The summed E-state index contributed by atoms with van der Waals surface area (Å²) in [6.07, 6.45) is 1.28. The second-order valence-electron chi connectivity index (χ2n) is 9.32. The fourth-order valence-electron chi connectivity index (χ4n) is 4.14. The molecule has 2 amide bonds. The molecule has 6 nitrogen and oxygen atoms in total. The Morgan fingerprint density at radius 3 is 2.47 bits per heavy atom. The van der Waals surface area contributed by atoms with Crippen molar-refractivity contribution in [1.29, 1.82) is 5.26 Å². The predicted octanol–water partition coefficient (Wildman–Crippen LogP) is 6.47. The summed E-state index contributed by atoms with van der Waals surface area (Å²) in [6.45, 7) is 8.57. The summed E-state index contributed by atoms with van der Waals surface area (Å²) in [5.41, 5.74) is 5.20. The summed E-state index contributed by atoms with van der Waals surface area (Å²) in [4.78, 5) is 28.7. The molecule has 194 valence electrons. The second kappa shape index (κ2) is 12.0. The number of hydrogen-bond acceptors (Lipinski definition) is 5. The third-order valence-corrected chi connectivity index (χ3v) is 7.67. The Labute approximate surface area is 228 Å². The number of carbonyl (C=O) groups is 2. The van der Waals surface area contributed by atoms with E-state index >= 15 is 0 Å². The van der Waals surface area contributed by atoms with Gasteiger partial charge in [-0.1, -0.05) is 60.6 Å². The molecule has 3 aromatic rings. The first-order valence-electron chi connectivity index (χ1n) is 12.6. The molecule has 1 atom stereocenters. The van der Waals surface area contributed by atoms with Crippen molar-refractivity contribution in [2.24, 2.45) is 0 Å². The Hall–Kier alpha value is -4.02. The van der Waals surface area contributed by atoms with E-state index in [2.05, 4.69) is 11.4 Å². The molecule has 0 spiro atoms. The zero-order chi connectivity index (χ0) is 27.2. The molecule has 1 aliphatic heterocycles. The number of nitrogens with zero attached hydrogens (tertiary/aromatic N) is 2. The van der Waals surface area contributed by atoms with Crippen LogP contribution in [0.15, 0.2) is 77.3 Å². The van der Waals surface area contributed by atoms with E-state index < -0.39 is 11.2 Å². The first-order valence-corrected chi connectivity index (χ1v) is 13.5. The highest BCUT2D eigenvalue weighted by atomic mass is 32.2. The standard InChI is InChI=1S/C31H31N3O3S/c1-5-16-37-27-9-7-6-8-23(27)18-28-30(36)34(25-15-12-21(3)22(4)17-25)31(38-28)26(19-32)29(35)33-24-13-10-20(2)11-14-24/h6-15,17,28H,5,16,18H2,1-4H3,(H,33,35). The molecule has 1 unspecified atom stereocenters. The highest BCUT2D eigenvalue weighted by molar-refractivity contribution is 8.05. The monoisotopic (exact) mass is 525 g/mol. The molecule has 3 aromatic carbocycles. The number of nitriles is 1. The summed E-state index contributed by atoms with van der Waals surface area (Å²) in [6, 6.07) is 22.8. The lowest BCUT2D eigenvalue weighted by molar-refractivity contribution is -0.117. The van der Waals surface area contributed by atoms with Gasteiger partial charge in [-0.15, -0.1) is 0 Å². The van der Waals surface area contributed by atoms with Crippen LogP contribution < -0.4 is 15.0 Å². The van der Waals surface area contributed by atoms with Gasteiger partial charge in [0.1, 0.15) is 22.4 Å². The predicted molar refractivity (Wildman–Crippen MR) is 153 cm³/mol. The van der Waals surface area contributed by atoms with Crippen molar-refractivity contribution >= 4 is 35.0 Å². The van der Waals surface area contributed by atoms with E-state index in [0.717, 1.165) is 34.4 Å².